The van der Waals surface area contributed by atoms with E-state index in [0.29, 0.717) is 12.6 Å². The second kappa shape index (κ2) is 5.61. The molecule has 0 radical (unpaired) electrons. The predicted octanol–water partition coefficient (Wildman–Crippen LogP) is 2.46. The van der Waals surface area contributed by atoms with Crippen molar-refractivity contribution in [3.05, 3.63) is 35.4 Å². The molecule has 1 saturated heterocycles. The van der Waals surface area contributed by atoms with Gasteiger partial charge < -0.3 is 14.8 Å². The largest absolute Gasteiger partial charge is 0.378 e. The summed E-state index contributed by atoms with van der Waals surface area (Å²) in [7, 11) is 1.80. The standard InChI is InChI=1S/C16H23NO2/c1-18-16(9-10-19-12-16)11-17-15-8-4-6-13-5-2-3-7-14(13)15/h2-3,5,7,15,17H,4,6,8-12H2,1H3. The Kier molecular flexibility index (Phi) is 3.87. The topological polar surface area (TPSA) is 30.5 Å². The van der Waals surface area contributed by atoms with E-state index in [2.05, 4.69) is 29.6 Å². The molecule has 1 aromatic rings. The molecule has 1 aromatic carbocycles. The lowest BCUT2D eigenvalue weighted by Gasteiger charge is -2.32. The summed E-state index contributed by atoms with van der Waals surface area (Å²) in [6.07, 6.45) is 4.70. The number of methoxy groups -OCH3 is 1. The first-order chi connectivity index (χ1) is 9.33. The number of benzene rings is 1. The van der Waals surface area contributed by atoms with Crippen molar-refractivity contribution >= 4 is 0 Å². The Labute approximate surface area is 115 Å². The van der Waals surface area contributed by atoms with Gasteiger partial charge in [-0.1, -0.05) is 24.3 Å². The van der Waals surface area contributed by atoms with Gasteiger partial charge in [0.25, 0.3) is 0 Å². The molecule has 1 heterocycles. The SMILES string of the molecule is COC1(CNC2CCCc3ccccc32)CCOC1. The highest BCUT2D eigenvalue weighted by atomic mass is 16.5. The highest BCUT2D eigenvalue weighted by Crippen LogP contribution is 2.30. The molecule has 1 fully saturated rings. The van der Waals surface area contributed by atoms with Crippen molar-refractivity contribution in [2.75, 3.05) is 26.9 Å². The predicted molar refractivity (Wildman–Crippen MR) is 75.3 cm³/mol. The average Bonchev–Trinajstić information content (AvgIpc) is 2.94. The molecule has 0 spiro atoms. The summed E-state index contributed by atoms with van der Waals surface area (Å²) in [5.74, 6) is 0. The number of rotatable bonds is 4. The summed E-state index contributed by atoms with van der Waals surface area (Å²) in [5, 5.41) is 3.71. The average molecular weight is 261 g/mol. The minimum Gasteiger partial charge on any atom is -0.378 e. The lowest BCUT2D eigenvalue weighted by atomic mass is 9.87. The van der Waals surface area contributed by atoms with Gasteiger partial charge in [-0.3, -0.25) is 0 Å². The quantitative estimate of drug-likeness (QED) is 0.903. The summed E-state index contributed by atoms with van der Waals surface area (Å²) in [6.45, 7) is 2.41. The fourth-order valence-electron chi connectivity index (χ4n) is 3.24. The van der Waals surface area contributed by atoms with E-state index in [4.69, 9.17) is 9.47 Å². The van der Waals surface area contributed by atoms with Crippen molar-refractivity contribution in [3.8, 4) is 0 Å². The van der Waals surface area contributed by atoms with E-state index in [1.54, 1.807) is 7.11 Å². The van der Waals surface area contributed by atoms with Crippen LogP contribution in [0.2, 0.25) is 0 Å². The molecule has 0 bridgehead atoms. The van der Waals surface area contributed by atoms with E-state index in [9.17, 15) is 0 Å². The van der Waals surface area contributed by atoms with Crippen LogP contribution in [0.4, 0.5) is 0 Å². The molecule has 1 aliphatic carbocycles. The van der Waals surface area contributed by atoms with Crippen molar-refractivity contribution in [1.82, 2.24) is 5.32 Å². The third kappa shape index (κ3) is 2.69. The molecule has 2 unspecified atom stereocenters. The summed E-state index contributed by atoms with van der Waals surface area (Å²) >= 11 is 0. The molecule has 19 heavy (non-hydrogen) atoms. The van der Waals surface area contributed by atoms with Crippen LogP contribution < -0.4 is 5.32 Å². The fraction of sp³-hybridized carbons (Fsp3) is 0.625. The number of ether oxygens (including phenoxy) is 2. The minimum atomic E-state index is -0.119. The van der Waals surface area contributed by atoms with Crippen LogP contribution in [0.3, 0.4) is 0 Å². The molecule has 0 aromatic heterocycles. The van der Waals surface area contributed by atoms with Crippen LogP contribution in [0.25, 0.3) is 0 Å². The maximum absolute atomic E-state index is 5.69. The van der Waals surface area contributed by atoms with Crippen LogP contribution in [0.1, 0.15) is 36.4 Å². The van der Waals surface area contributed by atoms with Gasteiger partial charge in [0.15, 0.2) is 0 Å². The smallest absolute Gasteiger partial charge is 0.106 e. The summed E-state index contributed by atoms with van der Waals surface area (Å²) < 4.78 is 11.2. The zero-order valence-corrected chi connectivity index (χ0v) is 11.7. The third-order valence-corrected chi connectivity index (χ3v) is 4.54. The van der Waals surface area contributed by atoms with E-state index >= 15 is 0 Å². The first kappa shape index (κ1) is 13.1. The monoisotopic (exact) mass is 261 g/mol. The normalized spacial score (nSPS) is 30.3. The molecule has 104 valence electrons. The molecule has 1 aliphatic heterocycles. The van der Waals surface area contributed by atoms with Gasteiger partial charge in [0.2, 0.25) is 0 Å². The molecule has 3 rings (SSSR count). The van der Waals surface area contributed by atoms with E-state index in [-0.39, 0.29) is 5.60 Å². The van der Waals surface area contributed by atoms with E-state index < -0.39 is 0 Å². The molecule has 3 heteroatoms. The molecule has 3 nitrogen and oxygen atoms in total. The van der Waals surface area contributed by atoms with Gasteiger partial charge in [-0.2, -0.15) is 0 Å². The minimum absolute atomic E-state index is 0.119. The van der Waals surface area contributed by atoms with Crippen molar-refractivity contribution in [1.29, 1.82) is 0 Å². The number of nitrogens with one attached hydrogen (secondary N) is 1. The maximum Gasteiger partial charge on any atom is 0.106 e. The second-order valence-electron chi connectivity index (χ2n) is 5.71. The Morgan fingerprint density at radius 1 is 1.42 bits per heavy atom. The first-order valence-corrected chi connectivity index (χ1v) is 7.27. The van der Waals surface area contributed by atoms with E-state index in [0.717, 1.165) is 19.6 Å². The van der Waals surface area contributed by atoms with Crippen LogP contribution in [0.5, 0.6) is 0 Å². The van der Waals surface area contributed by atoms with Gasteiger partial charge >= 0.3 is 0 Å². The van der Waals surface area contributed by atoms with Gasteiger partial charge in [0.1, 0.15) is 5.60 Å². The molecule has 1 N–H and O–H groups in total. The van der Waals surface area contributed by atoms with Crippen LogP contribution >= 0.6 is 0 Å². The van der Waals surface area contributed by atoms with Gasteiger partial charge in [0, 0.05) is 32.7 Å². The highest BCUT2D eigenvalue weighted by molar-refractivity contribution is 5.32. The van der Waals surface area contributed by atoms with Crippen LogP contribution in [-0.4, -0.2) is 32.5 Å². The summed E-state index contributed by atoms with van der Waals surface area (Å²) in [6, 6.07) is 9.27. The summed E-state index contributed by atoms with van der Waals surface area (Å²) in [4.78, 5) is 0. The van der Waals surface area contributed by atoms with Crippen molar-refractivity contribution in [2.24, 2.45) is 0 Å². The Morgan fingerprint density at radius 3 is 3.11 bits per heavy atom. The highest BCUT2D eigenvalue weighted by Gasteiger charge is 2.35. The third-order valence-electron chi connectivity index (χ3n) is 4.54. The zero-order chi connectivity index (χ0) is 13.1. The van der Waals surface area contributed by atoms with Gasteiger partial charge in [0.05, 0.1) is 6.61 Å². The van der Waals surface area contributed by atoms with Crippen LogP contribution in [0, 0.1) is 0 Å². The summed E-state index contributed by atoms with van der Waals surface area (Å²) in [5.41, 5.74) is 2.85. The number of fused-ring (bicyclic) bond motifs is 1. The number of hydrogen-bond donors (Lipinski definition) is 1. The number of hydrogen-bond acceptors (Lipinski definition) is 3. The Balaban J connectivity index is 1.68. The van der Waals surface area contributed by atoms with Crippen molar-refractivity contribution in [2.45, 2.75) is 37.3 Å². The lowest BCUT2D eigenvalue weighted by Crippen LogP contribution is -2.44. The second-order valence-corrected chi connectivity index (χ2v) is 5.71. The number of aryl methyl sites for hydroxylation is 1. The Morgan fingerprint density at radius 2 is 2.32 bits per heavy atom. The molecule has 2 aliphatic rings. The maximum atomic E-state index is 5.69. The van der Waals surface area contributed by atoms with Crippen LogP contribution in [-0.2, 0) is 15.9 Å². The Bertz CT molecular complexity index is 427. The zero-order valence-electron chi connectivity index (χ0n) is 11.7. The molecular weight excluding hydrogens is 238 g/mol. The van der Waals surface area contributed by atoms with Crippen molar-refractivity contribution < 1.29 is 9.47 Å². The van der Waals surface area contributed by atoms with E-state index in [1.165, 1.54) is 30.4 Å². The van der Waals surface area contributed by atoms with Gasteiger partial charge in [-0.15, -0.1) is 0 Å². The molecule has 0 saturated carbocycles. The van der Waals surface area contributed by atoms with Gasteiger partial charge in [-0.05, 0) is 30.4 Å². The Hall–Kier alpha value is -0.900. The molecular formula is C16H23NO2. The molecule has 0 amide bonds. The van der Waals surface area contributed by atoms with Crippen molar-refractivity contribution in [3.63, 3.8) is 0 Å². The fourth-order valence-corrected chi connectivity index (χ4v) is 3.24. The van der Waals surface area contributed by atoms with Crippen LogP contribution in [0.15, 0.2) is 24.3 Å². The van der Waals surface area contributed by atoms with Gasteiger partial charge in [-0.25, -0.2) is 0 Å². The van der Waals surface area contributed by atoms with E-state index in [1.807, 2.05) is 0 Å². The first-order valence-electron chi connectivity index (χ1n) is 7.27. The molecule has 2 atom stereocenters. The lowest BCUT2D eigenvalue weighted by molar-refractivity contribution is -0.0178.